The molecule has 6 nitrogen and oxygen atoms in total. The van der Waals surface area contributed by atoms with Crippen LogP contribution >= 0.6 is 0 Å². The maximum atomic E-state index is 6.99. The van der Waals surface area contributed by atoms with Crippen LogP contribution in [-0.4, -0.2) is 73.3 Å². The number of hydrogen-bond donors (Lipinski definition) is 2. The summed E-state index contributed by atoms with van der Waals surface area (Å²) in [6.45, 7) is 30.1. The molecule has 0 aliphatic heterocycles. The van der Waals surface area contributed by atoms with Gasteiger partial charge in [-0.1, -0.05) is 107 Å². The van der Waals surface area contributed by atoms with Crippen LogP contribution in [0.4, 0.5) is 0 Å². The van der Waals surface area contributed by atoms with E-state index in [-0.39, 0.29) is 0 Å². The third-order valence-electron chi connectivity index (χ3n) is 8.39. The van der Waals surface area contributed by atoms with Crippen molar-refractivity contribution in [3.8, 4) is 0 Å². The molecule has 0 aliphatic carbocycles. The minimum absolute atomic E-state index is 1.00. The summed E-state index contributed by atoms with van der Waals surface area (Å²) in [5.41, 5.74) is 0. The van der Waals surface area contributed by atoms with E-state index in [2.05, 4.69) is 55.4 Å². The van der Waals surface area contributed by atoms with Crippen molar-refractivity contribution >= 4 is 12.0 Å². The SMILES string of the molecule is CCCCC[N+](CCCC)(CCCC)CCCC.CCCCC[N+](CCCC)(CCCC)CCCC.[N-]=C=N.[N-]=C=N. The van der Waals surface area contributed by atoms with Crippen molar-refractivity contribution in [2.45, 2.75) is 171 Å². The zero-order valence-electron chi connectivity index (χ0n) is 30.2. The number of hydrogen-bond acceptors (Lipinski definition) is 2. The summed E-state index contributed by atoms with van der Waals surface area (Å²) < 4.78 is 2.85. The summed E-state index contributed by atoms with van der Waals surface area (Å²) in [6.07, 6.45) is 25.0. The van der Waals surface area contributed by atoms with Crippen LogP contribution in [0.3, 0.4) is 0 Å². The summed E-state index contributed by atoms with van der Waals surface area (Å²) in [5.74, 6) is 0. The van der Waals surface area contributed by atoms with E-state index in [1.807, 2.05) is 0 Å². The standard InChI is InChI=1S/2C17H38N.2CHN2/c2*1-5-9-13-17-18(14-10-6-2,15-11-7-3)16-12-8-4;2*2-1-3/h2*5-17H2,1-4H3;2*2H/q2*+1;2*-1. The summed E-state index contributed by atoms with van der Waals surface area (Å²) in [4.78, 5) is 0. The van der Waals surface area contributed by atoms with Gasteiger partial charge in [-0.15, -0.1) is 0 Å². The molecular formula is C36H78N6. The second kappa shape index (κ2) is 39.7. The fourth-order valence-corrected chi connectivity index (χ4v) is 5.70. The van der Waals surface area contributed by atoms with Gasteiger partial charge >= 0.3 is 0 Å². The lowest BCUT2D eigenvalue weighted by molar-refractivity contribution is -0.929. The van der Waals surface area contributed by atoms with Gasteiger partial charge < -0.3 is 30.6 Å². The largest absolute Gasteiger partial charge is 0.447 e. The van der Waals surface area contributed by atoms with Crippen molar-refractivity contribution in [2.24, 2.45) is 0 Å². The van der Waals surface area contributed by atoms with Crippen molar-refractivity contribution in [2.75, 3.05) is 52.4 Å². The second-order valence-electron chi connectivity index (χ2n) is 12.2. The van der Waals surface area contributed by atoms with E-state index in [9.17, 15) is 0 Å². The number of nitrogens with zero attached hydrogens (tertiary/aromatic N) is 4. The van der Waals surface area contributed by atoms with Crippen LogP contribution in [0.25, 0.3) is 10.8 Å². The molecule has 0 radical (unpaired) electrons. The van der Waals surface area contributed by atoms with Gasteiger partial charge in [-0.2, -0.15) is 12.0 Å². The summed E-state index contributed by atoms with van der Waals surface area (Å²) in [6, 6.07) is 2.00. The first kappa shape index (κ1) is 47.6. The molecule has 0 heterocycles. The van der Waals surface area contributed by atoms with Crippen LogP contribution in [0.1, 0.15) is 171 Å². The first-order chi connectivity index (χ1) is 20.3. The van der Waals surface area contributed by atoms with E-state index < -0.39 is 0 Å². The molecule has 0 spiro atoms. The highest BCUT2D eigenvalue weighted by Gasteiger charge is 2.25. The minimum atomic E-state index is 1.00. The Bertz CT molecular complexity index is 472. The van der Waals surface area contributed by atoms with Crippen LogP contribution in [0, 0.1) is 10.8 Å². The minimum Gasteiger partial charge on any atom is -0.447 e. The second-order valence-corrected chi connectivity index (χ2v) is 12.2. The van der Waals surface area contributed by atoms with Gasteiger partial charge in [-0.3, -0.25) is 0 Å². The molecule has 0 fully saturated rings. The highest BCUT2D eigenvalue weighted by atomic mass is 15.4. The Morgan fingerprint density at radius 1 is 0.333 bits per heavy atom. The van der Waals surface area contributed by atoms with Gasteiger partial charge in [-0.05, 0) is 64.2 Å². The number of nitrogens with one attached hydrogen (secondary N) is 2. The van der Waals surface area contributed by atoms with Gasteiger partial charge in [0.15, 0.2) is 0 Å². The molecule has 0 aromatic carbocycles. The van der Waals surface area contributed by atoms with E-state index in [4.69, 9.17) is 21.6 Å². The normalized spacial score (nSPS) is 10.7. The highest BCUT2D eigenvalue weighted by molar-refractivity contribution is 5.39. The van der Waals surface area contributed by atoms with Gasteiger partial charge in [-0.25, -0.2) is 0 Å². The first-order valence-corrected chi connectivity index (χ1v) is 18.1. The fourth-order valence-electron chi connectivity index (χ4n) is 5.70. The fraction of sp³-hybridized carbons (Fsp3) is 0.944. The van der Waals surface area contributed by atoms with Crippen molar-refractivity contribution < 1.29 is 8.97 Å². The Morgan fingerprint density at radius 3 is 0.619 bits per heavy atom. The van der Waals surface area contributed by atoms with Gasteiger partial charge in [0, 0.05) is 0 Å². The Morgan fingerprint density at radius 2 is 0.476 bits per heavy atom. The van der Waals surface area contributed by atoms with Crippen LogP contribution in [0.2, 0.25) is 0 Å². The average Bonchev–Trinajstić information content (AvgIpc) is 2.99. The molecule has 0 rings (SSSR count). The van der Waals surface area contributed by atoms with Crippen LogP contribution in [-0.2, 0) is 0 Å². The van der Waals surface area contributed by atoms with Crippen molar-refractivity contribution in [3.05, 3.63) is 10.8 Å². The van der Waals surface area contributed by atoms with Crippen LogP contribution in [0.15, 0.2) is 0 Å². The van der Waals surface area contributed by atoms with Gasteiger partial charge in [0.25, 0.3) is 0 Å². The van der Waals surface area contributed by atoms with Crippen molar-refractivity contribution in [1.29, 1.82) is 10.8 Å². The molecule has 0 saturated carbocycles. The Kier molecular flexibility index (Phi) is 45.0. The summed E-state index contributed by atoms with van der Waals surface area (Å²) in [5, 5.41) is 25.0. The lowest BCUT2D eigenvalue weighted by atomic mass is 10.1. The molecule has 0 aromatic heterocycles. The number of quaternary nitrogens is 2. The molecule has 0 aliphatic rings. The molecule has 0 amide bonds. The highest BCUT2D eigenvalue weighted by Crippen LogP contribution is 2.18. The molecule has 6 heteroatoms. The molecule has 2 N–H and O–H groups in total. The van der Waals surface area contributed by atoms with Crippen molar-refractivity contribution in [1.82, 2.24) is 0 Å². The van der Waals surface area contributed by atoms with Crippen LogP contribution in [0.5, 0.6) is 0 Å². The summed E-state index contributed by atoms with van der Waals surface area (Å²) in [7, 11) is 0. The Labute approximate surface area is 265 Å². The van der Waals surface area contributed by atoms with Gasteiger partial charge in [0.05, 0.1) is 52.4 Å². The van der Waals surface area contributed by atoms with E-state index in [1.165, 1.54) is 177 Å². The van der Waals surface area contributed by atoms with Crippen LogP contribution < -0.4 is 0 Å². The molecule has 0 aromatic rings. The molecule has 0 unspecified atom stereocenters. The third-order valence-corrected chi connectivity index (χ3v) is 8.39. The Hall–Kier alpha value is -1.32. The summed E-state index contributed by atoms with van der Waals surface area (Å²) >= 11 is 0. The average molecular weight is 595 g/mol. The molecule has 252 valence electrons. The quantitative estimate of drug-likeness (QED) is 0.0566. The lowest BCUT2D eigenvalue weighted by Gasteiger charge is -2.39. The van der Waals surface area contributed by atoms with Gasteiger partial charge in [0.2, 0.25) is 0 Å². The van der Waals surface area contributed by atoms with Crippen molar-refractivity contribution in [3.63, 3.8) is 0 Å². The predicted octanol–water partition coefficient (Wildman–Crippen LogP) is 11.4. The smallest absolute Gasteiger partial charge is 0.0786 e. The van der Waals surface area contributed by atoms with E-state index in [0.29, 0.717) is 0 Å². The maximum absolute atomic E-state index is 6.99. The number of rotatable bonds is 26. The topological polar surface area (TPSA) is 92.3 Å². The van der Waals surface area contributed by atoms with Gasteiger partial charge in [0.1, 0.15) is 0 Å². The number of unbranched alkanes of at least 4 members (excludes halogenated alkanes) is 10. The van der Waals surface area contributed by atoms with E-state index in [1.54, 1.807) is 0 Å². The lowest BCUT2D eigenvalue weighted by Crippen LogP contribution is -2.50. The monoisotopic (exact) mass is 595 g/mol. The zero-order chi connectivity index (χ0) is 32.8. The Balaban J connectivity index is -0.000000289. The molecular weight excluding hydrogens is 516 g/mol. The van der Waals surface area contributed by atoms with E-state index in [0.717, 1.165) is 12.0 Å². The molecule has 0 bridgehead atoms. The maximum Gasteiger partial charge on any atom is 0.0786 e. The predicted molar refractivity (Wildman–Crippen MR) is 190 cm³/mol. The first-order valence-electron chi connectivity index (χ1n) is 18.1. The molecule has 0 saturated heterocycles. The third kappa shape index (κ3) is 33.2. The van der Waals surface area contributed by atoms with E-state index >= 15 is 0 Å². The zero-order valence-corrected chi connectivity index (χ0v) is 30.2. The molecule has 0 atom stereocenters. The molecule has 42 heavy (non-hydrogen) atoms.